The van der Waals surface area contributed by atoms with E-state index in [1.807, 2.05) is 17.0 Å². The Morgan fingerprint density at radius 3 is 2.72 bits per heavy atom. The van der Waals surface area contributed by atoms with Gasteiger partial charge in [0.05, 0.1) is 10.7 Å². The standard InChI is InChI=1S/C12H8Cl3N3/c13-7-1-2-10(9(14)5-7)18-4-3-8-11(15)16-6-17-12(8)18/h1-2,5-6H,3-4H2. The van der Waals surface area contributed by atoms with E-state index in [1.165, 1.54) is 6.33 Å². The Hall–Kier alpha value is -1.03. The fourth-order valence-corrected chi connectivity index (χ4v) is 2.83. The first-order chi connectivity index (χ1) is 8.66. The van der Waals surface area contributed by atoms with Gasteiger partial charge in [0, 0.05) is 17.1 Å². The lowest BCUT2D eigenvalue weighted by atomic mass is 10.3. The Morgan fingerprint density at radius 2 is 1.94 bits per heavy atom. The summed E-state index contributed by atoms with van der Waals surface area (Å²) in [7, 11) is 0. The van der Waals surface area contributed by atoms with Gasteiger partial charge < -0.3 is 4.90 Å². The van der Waals surface area contributed by atoms with E-state index in [9.17, 15) is 0 Å². The third-order valence-corrected chi connectivity index (χ3v) is 3.78. The average Bonchev–Trinajstić information content (AvgIpc) is 2.74. The van der Waals surface area contributed by atoms with Crippen molar-refractivity contribution in [3.8, 4) is 0 Å². The molecule has 6 heteroatoms. The summed E-state index contributed by atoms with van der Waals surface area (Å²) in [6.45, 7) is 0.787. The minimum Gasteiger partial charge on any atom is -0.324 e. The van der Waals surface area contributed by atoms with Crippen LogP contribution in [0.4, 0.5) is 11.5 Å². The molecule has 0 bridgehead atoms. The first-order valence-electron chi connectivity index (χ1n) is 5.39. The van der Waals surface area contributed by atoms with Gasteiger partial charge in [-0.2, -0.15) is 0 Å². The van der Waals surface area contributed by atoms with Crippen LogP contribution in [0.2, 0.25) is 15.2 Å². The second-order valence-electron chi connectivity index (χ2n) is 3.96. The van der Waals surface area contributed by atoms with Gasteiger partial charge in [0.25, 0.3) is 0 Å². The molecular weight excluding hydrogens is 293 g/mol. The molecule has 0 radical (unpaired) electrons. The van der Waals surface area contributed by atoms with Crippen molar-refractivity contribution in [3.05, 3.63) is 45.3 Å². The van der Waals surface area contributed by atoms with E-state index in [-0.39, 0.29) is 0 Å². The fraction of sp³-hybridized carbons (Fsp3) is 0.167. The van der Waals surface area contributed by atoms with Crippen LogP contribution in [-0.2, 0) is 6.42 Å². The molecular formula is C12H8Cl3N3. The van der Waals surface area contributed by atoms with Gasteiger partial charge in [0.2, 0.25) is 0 Å². The Balaban J connectivity index is 2.09. The van der Waals surface area contributed by atoms with E-state index < -0.39 is 0 Å². The molecule has 3 nitrogen and oxygen atoms in total. The van der Waals surface area contributed by atoms with Crippen LogP contribution in [0.5, 0.6) is 0 Å². The summed E-state index contributed by atoms with van der Waals surface area (Å²) >= 11 is 18.2. The summed E-state index contributed by atoms with van der Waals surface area (Å²) < 4.78 is 0. The van der Waals surface area contributed by atoms with Crippen molar-refractivity contribution >= 4 is 46.3 Å². The molecule has 0 spiro atoms. The summed E-state index contributed by atoms with van der Waals surface area (Å²) in [6.07, 6.45) is 2.28. The maximum atomic E-state index is 6.21. The smallest absolute Gasteiger partial charge is 0.141 e. The fourth-order valence-electron chi connectivity index (χ4n) is 2.09. The molecule has 0 aliphatic carbocycles. The molecule has 0 saturated carbocycles. The zero-order chi connectivity index (χ0) is 12.7. The van der Waals surface area contributed by atoms with Gasteiger partial charge in [-0.05, 0) is 24.6 Å². The number of rotatable bonds is 1. The lowest BCUT2D eigenvalue weighted by Gasteiger charge is -2.19. The third-order valence-electron chi connectivity index (χ3n) is 2.91. The molecule has 0 amide bonds. The van der Waals surface area contributed by atoms with Crippen molar-refractivity contribution in [2.45, 2.75) is 6.42 Å². The molecule has 0 N–H and O–H groups in total. The van der Waals surface area contributed by atoms with Crippen LogP contribution < -0.4 is 4.90 Å². The molecule has 3 rings (SSSR count). The average molecular weight is 301 g/mol. The van der Waals surface area contributed by atoms with Gasteiger partial charge in [-0.25, -0.2) is 9.97 Å². The maximum absolute atomic E-state index is 6.21. The van der Waals surface area contributed by atoms with E-state index in [0.717, 1.165) is 30.0 Å². The summed E-state index contributed by atoms with van der Waals surface area (Å²) in [4.78, 5) is 10.3. The number of fused-ring (bicyclic) bond motifs is 1. The largest absolute Gasteiger partial charge is 0.324 e. The molecule has 1 aromatic carbocycles. The van der Waals surface area contributed by atoms with Crippen molar-refractivity contribution in [3.63, 3.8) is 0 Å². The molecule has 2 heterocycles. The molecule has 92 valence electrons. The molecule has 0 atom stereocenters. The number of aromatic nitrogens is 2. The molecule has 1 aliphatic heterocycles. The van der Waals surface area contributed by atoms with Gasteiger partial charge >= 0.3 is 0 Å². The summed E-state index contributed by atoms with van der Waals surface area (Å²) in [5, 5.41) is 1.72. The monoisotopic (exact) mass is 299 g/mol. The van der Waals surface area contributed by atoms with Crippen LogP contribution in [0.3, 0.4) is 0 Å². The van der Waals surface area contributed by atoms with Crippen LogP contribution in [0, 0.1) is 0 Å². The number of halogens is 3. The lowest BCUT2D eigenvalue weighted by molar-refractivity contribution is 0.990. The highest BCUT2D eigenvalue weighted by molar-refractivity contribution is 6.36. The molecule has 0 unspecified atom stereocenters. The van der Waals surface area contributed by atoms with E-state index >= 15 is 0 Å². The van der Waals surface area contributed by atoms with Crippen molar-refractivity contribution in [2.75, 3.05) is 11.4 Å². The predicted molar refractivity (Wildman–Crippen MR) is 74.2 cm³/mol. The van der Waals surface area contributed by atoms with Crippen molar-refractivity contribution in [1.82, 2.24) is 9.97 Å². The lowest BCUT2D eigenvalue weighted by Crippen LogP contribution is -2.14. The normalized spacial score (nSPS) is 13.8. The van der Waals surface area contributed by atoms with E-state index in [2.05, 4.69) is 9.97 Å². The van der Waals surface area contributed by atoms with E-state index in [1.54, 1.807) is 6.07 Å². The summed E-state index contributed by atoms with van der Waals surface area (Å²) in [6, 6.07) is 5.42. The highest BCUT2D eigenvalue weighted by atomic mass is 35.5. The quantitative estimate of drug-likeness (QED) is 0.741. The van der Waals surface area contributed by atoms with Crippen LogP contribution in [0.1, 0.15) is 5.56 Å². The first-order valence-corrected chi connectivity index (χ1v) is 6.52. The Kier molecular flexibility index (Phi) is 3.06. The topological polar surface area (TPSA) is 29.0 Å². The number of hydrogen-bond donors (Lipinski definition) is 0. The van der Waals surface area contributed by atoms with Gasteiger partial charge in [-0.3, -0.25) is 0 Å². The van der Waals surface area contributed by atoms with Crippen molar-refractivity contribution in [1.29, 1.82) is 0 Å². The highest BCUT2D eigenvalue weighted by Crippen LogP contribution is 2.39. The highest BCUT2D eigenvalue weighted by Gasteiger charge is 2.25. The van der Waals surface area contributed by atoms with E-state index in [4.69, 9.17) is 34.8 Å². The summed E-state index contributed by atoms with van der Waals surface area (Å²) in [5.74, 6) is 0.819. The van der Waals surface area contributed by atoms with Gasteiger partial charge in [-0.1, -0.05) is 34.8 Å². The van der Waals surface area contributed by atoms with Crippen LogP contribution in [-0.4, -0.2) is 16.5 Å². The minimum absolute atomic E-state index is 0.507. The van der Waals surface area contributed by atoms with Gasteiger partial charge in [0.1, 0.15) is 17.3 Å². The molecule has 18 heavy (non-hydrogen) atoms. The Morgan fingerprint density at radius 1 is 1.11 bits per heavy atom. The number of benzene rings is 1. The molecule has 1 aliphatic rings. The first kappa shape index (κ1) is 12.0. The molecule has 1 aromatic heterocycles. The van der Waals surface area contributed by atoms with E-state index in [0.29, 0.717) is 15.2 Å². The predicted octanol–water partition coefficient (Wildman–Crippen LogP) is 4.13. The zero-order valence-corrected chi connectivity index (χ0v) is 11.5. The number of nitrogens with zero attached hydrogens (tertiary/aromatic N) is 3. The van der Waals surface area contributed by atoms with Crippen molar-refractivity contribution in [2.24, 2.45) is 0 Å². The number of hydrogen-bond acceptors (Lipinski definition) is 3. The zero-order valence-electron chi connectivity index (χ0n) is 9.20. The van der Waals surface area contributed by atoms with Crippen LogP contribution in [0.15, 0.2) is 24.5 Å². The summed E-state index contributed by atoms with van der Waals surface area (Å²) in [5.41, 5.74) is 1.85. The molecule has 0 fully saturated rings. The Labute approximate surface area is 119 Å². The van der Waals surface area contributed by atoms with Gasteiger partial charge in [0.15, 0.2) is 0 Å². The van der Waals surface area contributed by atoms with Crippen LogP contribution >= 0.6 is 34.8 Å². The molecule has 0 saturated heterocycles. The van der Waals surface area contributed by atoms with Gasteiger partial charge in [-0.15, -0.1) is 0 Å². The second-order valence-corrected chi connectivity index (χ2v) is 5.17. The van der Waals surface area contributed by atoms with Crippen LogP contribution in [0.25, 0.3) is 0 Å². The van der Waals surface area contributed by atoms with Crippen molar-refractivity contribution < 1.29 is 0 Å². The molecule has 2 aromatic rings. The minimum atomic E-state index is 0.507. The maximum Gasteiger partial charge on any atom is 0.141 e. The Bertz CT molecular complexity index is 616. The number of anilines is 2. The SMILES string of the molecule is Clc1ccc(N2CCc3c(Cl)ncnc32)c(Cl)c1. The third kappa shape index (κ3) is 1.92. The second kappa shape index (κ2) is 4.57.